The van der Waals surface area contributed by atoms with Gasteiger partial charge in [0.1, 0.15) is 11.7 Å². The van der Waals surface area contributed by atoms with E-state index in [0.29, 0.717) is 16.8 Å². The predicted octanol–water partition coefficient (Wildman–Crippen LogP) is 3.74. The maximum Gasteiger partial charge on any atom is 0.132 e. The van der Waals surface area contributed by atoms with Gasteiger partial charge in [0.25, 0.3) is 0 Å². The van der Waals surface area contributed by atoms with E-state index in [-0.39, 0.29) is 5.82 Å². The second kappa shape index (κ2) is 8.78. The zero-order valence-corrected chi connectivity index (χ0v) is 14.2. The van der Waals surface area contributed by atoms with Gasteiger partial charge in [-0.15, -0.1) is 9.24 Å². The van der Waals surface area contributed by atoms with E-state index < -0.39 is 0 Å². The maximum absolute atomic E-state index is 13.5. The van der Waals surface area contributed by atoms with Gasteiger partial charge in [-0.25, -0.2) is 4.39 Å². The number of halogens is 1. The molecule has 21 heavy (non-hydrogen) atoms. The molecule has 0 aromatic heterocycles. The summed E-state index contributed by atoms with van der Waals surface area (Å²) in [6.45, 7) is 7.87. The fraction of sp³-hybridized carbons (Fsp3) is 0.438. The Morgan fingerprint density at radius 2 is 1.95 bits per heavy atom. The Balaban J connectivity index is 2.73. The number of nitrogens with zero attached hydrogens (tertiary/aromatic N) is 1. The Morgan fingerprint density at radius 3 is 2.48 bits per heavy atom. The Hall–Kier alpha value is -1.41. The van der Waals surface area contributed by atoms with Crippen LogP contribution in [0.3, 0.4) is 0 Å². The highest BCUT2D eigenvalue weighted by Gasteiger charge is 2.06. The van der Waals surface area contributed by atoms with Gasteiger partial charge in [-0.2, -0.15) is 0 Å². The summed E-state index contributed by atoms with van der Waals surface area (Å²) in [7, 11) is 2.36. The third kappa shape index (κ3) is 5.84. The molecule has 1 unspecified atom stereocenters. The molecule has 0 heterocycles. The fourth-order valence-electron chi connectivity index (χ4n) is 2.06. The number of rotatable bonds is 7. The molecular weight excluding hydrogens is 284 g/mol. The minimum absolute atomic E-state index is 0.258. The zero-order chi connectivity index (χ0) is 15.8. The molecule has 1 aromatic carbocycles. The van der Waals surface area contributed by atoms with Gasteiger partial charge < -0.3 is 10.2 Å². The molecule has 5 heteroatoms. The third-order valence-electron chi connectivity index (χ3n) is 3.02. The highest BCUT2D eigenvalue weighted by atomic mass is 31.0. The second-order valence-electron chi connectivity index (χ2n) is 5.06. The van der Waals surface area contributed by atoms with Crippen LogP contribution in [-0.4, -0.2) is 23.8 Å². The molecule has 0 aliphatic rings. The molecule has 0 radical (unpaired) electrons. The molecule has 0 amide bonds. The van der Waals surface area contributed by atoms with Crippen molar-refractivity contribution in [2.24, 2.45) is 0 Å². The lowest BCUT2D eigenvalue weighted by atomic mass is 10.2. The lowest BCUT2D eigenvalue weighted by molar-refractivity contribution is 0.416. The number of anilines is 1. The average molecular weight is 309 g/mol. The lowest BCUT2D eigenvalue weighted by Gasteiger charge is -2.22. The van der Waals surface area contributed by atoms with Crippen LogP contribution < -0.4 is 10.6 Å². The first-order valence-electron chi connectivity index (χ1n) is 7.31. The lowest BCUT2D eigenvalue weighted by Crippen LogP contribution is -2.31. The summed E-state index contributed by atoms with van der Waals surface area (Å²) in [4.78, 5) is 2.05. The Kier molecular flexibility index (Phi) is 7.38. The highest BCUT2D eigenvalue weighted by molar-refractivity contribution is 7.27. The number of nitrogens with one attached hydrogen (secondary N) is 2. The minimum Gasteiger partial charge on any atom is -0.359 e. The summed E-state index contributed by atoms with van der Waals surface area (Å²) in [5.74, 6) is 0.235. The number of benzene rings is 1. The van der Waals surface area contributed by atoms with Crippen molar-refractivity contribution in [1.82, 2.24) is 4.90 Å². The van der Waals surface area contributed by atoms with Crippen molar-refractivity contribution in [3.8, 4) is 0 Å². The number of hydrogen-bond donors (Lipinski definition) is 2. The molecule has 0 saturated heterocycles. The number of amidine groups is 1. The van der Waals surface area contributed by atoms with Gasteiger partial charge in [0.15, 0.2) is 0 Å². The molecule has 0 spiro atoms. The SMILES string of the molecule is CCCN(CCC)C(=N)/C=C(/C)Nc1ccc(P)c(F)c1. The summed E-state index contributed by atoms with van der Waals surface area (Å²) in [6.07, 6.45) is 3.82. The normalized spacial score (nSPS) is 11.4. The Bertz CT molecular complexity index is 508. The van der Waals surface area contributed by atoms with Gasteiger partial charge >= 0.3 is 0 Å². The first kappa shape index (κ1) is 17.6. The molecule has 1 aromatic rings. The van der Waals surface area contributed by atoms with Crippen molar-refractivity contribution < 1.29 is 4.39 Å². The van der Waals surface area contributed by atoms with Gasteiger partial charge in [-0.1, -0.05) is 19.9 Å². The molecule has 3 nitrogen and oxygen atoms in total. The van der Waals surface area contributed by atoms with Crippen molar-refractivity contribution in [3.63, 3.8) is 0 Å². The van der Waals surface area contributed by atoms with Crippen LogP contribution in [0.25, 0.3) is 0 Å². The first-order chi connectivity index (χ1) is 9.97. The van der Waals surface area contributed by atoms with E-state index in [1.807, 2.05) is 13.0 Å². The van der Waals surface area contributed by atoms with Crippen LogP contribution in [0.15, 0.2) is 30.0 Å². The zero-order valence-electron chi connectivity index (χ0n) is 13.0. The van der Waals surface area contributed by atoms with Crippen molar-refractivity contribution in [1.29, 1.82) is 5.41 Å². The summed E-state index contributed by atoms with van der Waals surface area (Å²) in [6, 6.07) is 4.99. The molecule has 0 aliphatic heterocycles. The highest BCUT2D eigenvalue weighted by Crippen LogP contribution is 2.12. The Labute approximate surface area is 129 Å². The van der Waals surface area contributed by atoms with Crippen LogP contribution in [0.4, 0.5) is 10.1 Å². The molecular formula is C16H25FN3P. The fourth-order valence-corrected chi connectivity index (χ4v) is 2.24. The van der Waals surface area contributed by atoms with Crippen molar-refractivity contribution in [3.05, 3.63) is 35.8 Å². The van der Waals surface area contributed by atoms with E-state index >= 15 is 0 Å². The van der Waals surface area contributed by atoms with E-state index in [0.717, 1.165) is 31.6 Å². The predicted molar refractivity (Wildman–Crippen MR) is 93.0 cm³/mol. The summed E-state index contributed by atoms with van der Waals surface area (Å²) in [5, 5.41) is 11.8. The van der Waals surface area contributed by atoms with Crippen LogP contribution in [0.5, 0.6) is 0 Å². The third-order valence-corrected chi connectivity index (χ3v) is 3.49. The maximum atomic E-state index is 13.5. The van der Waals surface area contributed by atoms with Crippen LogP contribution >= 0.6 is 9.24 Å². The second-order valence-corrected chi connectivity index (χ2v) is 5.68. The number of hydrogen-bond acceptors (Lipinski definition) is 2. The minimum atomic E-state index is -0.258. The van der Waals surface area contributed by atoms with Crippen molar-refractivity contribution >= 4 is 26.1 Å². The van der Waals surface area contributed by atoms with E-state index in [1.54, 1.807) is 12.1 Å². The van der Waals surface area contributed by atoms with E-state index in [9.17, 15) is 4.39 Å². The molecule has 1 atom stereocenters. The van der Waals surface area contributed by atoms with Crippen LogP contribution in [0.2, 0.25) is 0 Å². The summed E-state index contributed by atoms with van der Waals surface area (Å²) < 4.78 is 13.5. The molecule has 2 N–H and O–H groups in total. The molecule has 0 bridgehead atoms. The average Bonchev–Trinajstić information content (AvgIpc) is 2.42. The first-order valence-corrected chi connectivity index (χ1v) is 7.89. The molecule has 1 rings (SSSR count). The van der Waals surface area contributed by atoms with Gasteiger partial charge in [0.2, 0.25) is 0 Å². The largest absolute Gasteiger partial charge is 0.359 e. The summed E-state index contributed by atoms with van der Waals surface area (Å²) >= 11 is 0. The van der Waals surface area contributed by atoms with Crippen molar-refractivity contribution in [2.45, 2.75) is 33.6 Å². The van der Waals surface area contributed by atoms with E-state index in [1.165, 1.54) is 6.07 Å². The smallest absolute Gasteiger partial charge is 0.132 e. The van der Waals surface area contributed by atoms with Crippen LogP contribution in [0, 0.1) is 11.2 Å². The van der Waals surface area contributed by atoms with Crippen molar-refractivity contribution in [2.75, 3.05) is 18.4 Å². The molecule has 0 saturated carbocycles. The molecule has 0 fully saturated rings. The monoisotopic (exact) mass is 309 g/mol. The van der Waals surface area contributed by atoms with E-state index in [2.05, 4.69) is 33.3 Å². The quantitative estimate of drug-likeness (QED) is 0.457. The molecule has 116 valence electrons. The van der Waals surface area contributed by atoms with Gasteiger partial charge in [-0.3, -0.25) is 5.41 Å². The van der Waals surface area contributed by atoms with E-state index in [4.69, 9.17) is 5.41 Å². The van der Waals surface area contributed by atoms with Crippen LogP contribution in [0.1, 0.15) is 33.6 Å². The summed E-state index contributed by atoms with van der Waals surface area (Å²) in [5.41, 5.74) is 1.52. The topological polar surface area (TPSA) is 39.1 Å². The van der Waals surface area contributed by atoms with Gasteiger partial charge in [0.05, 0.1) is 0 Å². The van der Waals surface area contributed by atoms with Gasteiger partial charge in [-0.05, 0) is 38.0 Å². The van der Waals surface area contributed by atoms with Crippen LogP contribution in [-0.2, 0) is 0 Å². The standard InChI is InChI=1S/C16H25FN3P/c1-4-8-20(9-5-2)16(18)10-12(3)19-13-6-7-15(21)14(17)11-13/h6-7,10-11,18-19H,4-5,8-9,21H2,1-3H3/b12-10-,18-16?. The van der Waals surface area contributed by atoms with Gasteiger partial charge in [0, 0.05) is 29.8 Å². The Morgan fingerprint density at radius 1 is 1.33 bits per heavy atom. The molecule has 0 aliphatic carbocycles. The number of allylic oxidation sites excluding steroid dienone is 1.